The first-order valence-corrected chi connectivity index (χ1v) is 8.36. The molecule has 0 saturated heterocycles. The van der Waals surface area contributed by atoms with E-state index in [-0.39, 0.29) is 5.78 Å². The van der Waals surface area contributed by atoms with Crippen molar-refractivity contribution >= 4 is 34.1 Å². The van der Waals surface area contributed by atoms with Crippen molar-refractivity contribution in [1.82, 2.24) is 5.32 Å². The van der Waals surface area contributed by atoms with Crippen LogP contribution in [0.5, 0.6) is 0 Å². The summed E-state index contributed by atoms with van der Waals surface area (Å²) in [6.45, 7) is 1.52. The summed E-state index contributed by atoms with van der Waals surface area (Å²) in [7, 11) is 1.27. The number of rotatable bonds is 7. The van der Waals surface area contributed by atoms with E-state index >= 15 is 0 Å². The van der Waals surface area contributed by atoms with Gasteiger partial charge in [-0.15, -0.1) is 0 Å². The predicted molar refractivity (Wildman–Crippen MR) is 97.9 cm³/mol. The average Bonchev–Trinajstić information content (AvgIpc) is 2.61. The molecule has 0 saturated carbocycles. The first-order chi connectivity index (χ1) is 12.0. The van der Waals surface area contributed by atoms with Gasteiger partial charge in [0, 0.05) is 16.5 Å². The van der Waals surface area contributed by atoms with E-state index in [1.165, 1.54) is 20.4 Å². The fourth-order valence-corrected chi connectivity index (χ4v) is 2.98. The maximum Gasteiger partial charge on any atom is 0.326 e. The first kappa shape index (κ1) is 20.6. The van der Waals surface area contributed by atoms with Crippen molar-refractivity contribution in [3.8, 4) is 11.1 Å². The molecule has 0 aliphatic carbocycles. The van der Waals surface area contributed by atoms with E-state index in [1.54, 1.807) is 0 Å². The number of hydrogen-bond acceptors (Lipinski definition) is 4. The zero-order chi connectivity index (χ0) is 18.4. The van der Waals surface area contributed by atoms with Crippen LogP contribution in [-0.4, -0.2) is 31.3 Å². The number of halogens is 1. The standard InChI is InChI=1S/C19H17BrNO4.Fm/c1-12(23)16-10-15(7-8-17(16)20)14-5-3-13(4-6-14)9-18(21-11-22)19(24)25-2;/h3-8,10,18H,9H2,1-2H3,(H,21,22);/q-1;. The van der Waals surface area contributed by atoms with Gasteiger partial charge in [-0.05, 0) is 35.7 Å². The van der Waals surface area contributed by atoms with E-state index in [1.807, 2.05) is 42.5 Å². The third-order valence-electron chi connectivity index (χ3n) is 3.79. The Balaban J connectivity index is 0.00000338. The van der Waals surface area contributed by atoms with Gasteiger partial charge in [0.05, 0.1) is 7.11 Å². The number of amides is 1. The number of benzene rings is 2. The molecule has 0 aromatic heterocycles. The fourth-order valence-electron chi connectivity index (χ4n) is 2.45. The van der Waals surface area contributed by atoms with Crippen molar-refractivity contribution in [2.45, 2.75) is 19.4 Å². The molecular weight excluding hydrogens is 643 g/mol. The SMILES string of the molecule is COC(=O)C(Cc1ccc(-c2ccc(Br)c(C(C)=O)c2)cc1)N[C-]=O.[Fm]. The van der Waals surface area contributed by atoms with Gasteiger partial charge in [0.15, 0.2) is 5.78 Å². The minimum absolute atomic E-state index is 0. The number of hydrogen-bond donors (Lipinski definition) is 1. The molecule has 26 heavy (non-hydrogen) atoms. The number of ether oxygens (including phenoxy) is 1. The summed E-state index contributed by atoms with van der Waals surface area (Å²) in [6, 6.07) is 12.4. The quantitative estimate of drug-likeness (QED) is 0.215. The second-order valence-corrected chi connectivity index (χ2v) is 6.33. The Morgan fingerprint density at radius 1 is 1.15 bits per heavy atom. The van der Waals surface area contributed by atoms with E-state index in [2.05, 4.69) is 26.0 Å². The predicted octanol–water partition coefficient (Wildman–Crippen LogP) is 3.06. The fraction of sp³-hybridized carbons (Fsp3) is 0.211. The van der Waals surface area contributed by atoms with Gasteiger partial charge in [-0.2, -0.15) is 6.41 Å². The average molecular weight is 660 g/mol. The first-order valence-electron chi connectivity index (χ1n) is 7.56. The minimum atomic E-state index is -0.773. The molecule has 0 radical (unpaired) electrons. The summed E-state index contributed by atoms with van der Waals surface area (Å²) >= 11 is 3.37. The van der Waals surface area contributed by atoms with Crippen molar-refractivity contribution in [2.75, 3.05) is 7.11 Å². The second-order valence-electron chi connectivity index (χ2n) is 5.47. The molecule has 2 rings (SSSR count). The molecule has 0 aliphatic rings. The van der Waals surface area contributed by atoms with Crippen molar-refractivity contribution in [3.05, 3.63) is 58.1 Å². The summed E-state index contributed by atoms with van der Waals surface area (Å²) in [5, 5.41) is 2.33. The van der Waals surface area contributed by atoms with Gasteiger partial charge in [-0.3, -0.25) is 4.79 Å². The van der Waals surface area contributed by atoms with Crippen LogP contribution < -0.4 is 5.32 Å². The summed E-state index contributed by atoms with van der Waals surface area (Å²) in [5.74, 6) is -0.533. The van der Waals surface area contributed by atoms with Crippen molar-refractivity contribution in [3.63, 3.8) is 0 Å². The number of nitrogens with one attached hydrogen (secondary N) is 1. The van der Waals surface area contributed by atoms with Crippen LogP contribution in [0.2, 0.25) is 0 Å². The smallest absolute Gasteiger partial charge is 0.326 e. The molecule has 1 N–H and O–H groups in total. The topological polar surface area (TPSA) is 72.5 Å². The summed E-state index contributed by atoms with van der Waals surface area (Å²) in [5.41, 5.74) is 3.36. The molecule has 0 spiro atoms. The van der Waals surface area contributed by atoms with Crippen LogP contribution in [0, 0.1) is 0 Å². The Hall–Kier alpha value is -3.47. The molecule has 7 heteroatoms. The van der Waals surface area contributed by atoms with Crippen molar-refractivity contribution in [1.29, 1.82) is 0 Å². The number of carbonyl (C=O) groups excluding carboxylic acids is 3. The molecule has 1 atom stereocenters. The molecule has 1 unspecified atom stereocenters. The molecular formula is C19H17BrFmNO4-. The van der Waals surface area contributed by atoms with E-state index < -0.39 is 12.0 Å². The molecule has 5 nitrogen and oxygen atoms in total. The third kappa shape index (κ3) is 4.77. The maximum atomic E-state index is 11.7. The van der Waals surface area contributed by atoms with Crippen LogP contribution in [0.4, 0.5) is 0 Å². The third-order valence-corrected chi connectivity index (χ3v) is 4.48. The van der Waals surface area contributed by atoms with E-state index in [4.69, 9.17) is 0 Å². The van der Waals surface area contributed by atoms with Gasteiger partial charge in [-0.25, -0.2) is 4.79 Å². The number of carbonyl (C=O) groups is 2. The number of Topliss-reactive ketones (excluding diaryl/α,β-unsaturated/α-hetero) is 1. The van der Waals surface area contributed by atoms with E-state index in [0.29, 0.717) is 12.0 Å². The number of esters is 1. The van der Waals surface area contributed by atoms with Crippen LogP contribution in [0.1, 0.15) is 22.8 Å². The van der Waals surface area contributed by atoms with Crippen LogP contribution >= 0.6 is 15.9 Å². The van der Waals surface area contributed by atoms with E-state index in [9.17, 15) is 14.4 Å². The van der Waals surface area contributed by atoms with Crippen LogP contribution in [0.3, 0.4) is 0 Å². The number of methoxy groups -OCH3 is 1. The Bertz CT molecular complexity index is 793. The normalized spacial score (nSPS) is 11.0. The van der Waals surface area contributed by atoms with Gasteiger partial charge in [0.2, 0.25) is 0 Å². The van der Waals surface area contributed by atoms with Crippen LogP contribution in [0.15, 0.2) is 46.9 Å². The Morgan fingerprint density at radius 3 is 2.31 bits per heavy atom. The molecule has 0 bridgehead atoms. The molecule has 0 fully saturated rings. The second kappa shape index (κ2) is 9.13. The zero-order valence-electron chi connectivity index (χ0n) is 14.1. The number of ketones is 1. The van der Waals surface area contributed by atoms with Crippen molar-refractivity contribution < 1.29 is 19.1 Å². The largest absolute Gasteiger partial charge is 0.520 e. The van der Waals surface area contributed by atoms with Crippen LogP contribution in [0.25, 0.3) is 11.1 Å². The molecule has 2 aromatic carbocycles. The minimum Gasteiger partial charge on any atom is -0.520 e. The summed E-state index contributed by atoms with van der Waals surface area (Å²) in [6.07, 6.45) is 1.83. The van der Waals surface area contributed by atoms with Gasteiger partial charge in [0.1, 0.15) is 6.04 Å². The molecule has 142 valence electrons. The van der Waals surface area contributed by atoms with Gasteiger partial charge in [-0.1, -0.05) is 46.3 Å². The Kier molecular flexibility index (Phi) is 7.22. The Labute approximate surface area is 154 Å². The van der Waals surface area contributed by atoms with Gasteiger partial charge >= 0.3 is 5.97 Å². The Morgan fingerprint density at radius 2 is 1.77 bits per heavy atom. The van der Waals surface area contributed by atoms with E-state index in [0.717, 1.165) is 21.2 Å². The molecule has 1 amide bonds. The van der Waals surface area contributed by atoms with Crippen molar-refractivity contribution in [2.24, 2.45) is 0 Å². The van der Waals surface area contributed by atoms with Crippen LogP contribution in [-0.2, 0) is 20.7 Å². The maximum absolute atomic E-state index is 11.7. The summed E-state index contributed by atoms with van der Waals surface area (Å²) in [4.78, 5) is 33.8. The molecule has 2 aromatic rings. The van der Waals surface area contributed by atoms with Gasteiger partial charge < -0.3 is 14.8 Å². The van der Waals surface area contributed by atoms with Gasteiger partial charge in [0.25, 0.3) is 0 Å². The zero-order valence-corrected chi connectivity index (χ0v) is 18.1. The molecule has 0 aliphatic heterocycles. The molecule has 0 heterocycles. The monoisotopic (exact) mass is 659 g/mol. The summed E-state index contributed by atoms with van der Waals surface area (Å²) < 4.78 is 5.42.